The summed E-state index contributed by atoms with van der Waals surface area (Å²) < 4.78 is 39.5. The van der Waals surface area contributed by atoms with Crippen LogP contribution in [0, 0.1) is 11.8 Å². The third kappa shape index (κ3) is 9.53. The van der Waals surface area contributed by atoms with Crippen molar-refractivity contribution in [2.24, 2.45) is 5.84 Å². The topological polar surface area (TPSA) is 47.3 Å². The lowest BCUT2D eigenvalue weighted by Gasteiger charge is -2.13. The van der Waals surface area contributed by atoms with E-state index >= 15 is 0 Å². The quantitative estimate of drug-likeness (QED) is 0.308. The normalized spacial score (nSPS) is 13.1. The smallest absolute Gasteiger partial charge is 0.372 e. The predicted molar refractivity (Wildman–Crippen MR) is 50.7 cm³/mol. The zero-order chi connectivity index (χ0) is 11.7. The number of rotatable bonds is 6. The van der Waals surface area contributed by atoms with Crippen molar-refractivity contribution in [1.29, 1.82) is 0 Å². The summed E-state index contributed by atoms with van der Waals surface area (Å²) in [6.45, 7) is 0.483. The van der Waals surface area contributed by atoms with E-state index in [2.05, 4.69) is 22.0 Å². The molecule has 0 heterocycles. The minimum atomic E-state index is -4.27. The van der Waals surface area contributed by atoms with Crippen LogP contribution in [0.3, 0.4) is 0 Å². The summed E-state index contributed by atoms with van der Waals surface area (Å²) in [5, 5.41) is 0. The Hall–Kier alpha value is -0.770. The summed E-state index contributed by atoms with van der Waals surface area (Å²) in [4.78, 5) is 0. The van der Waals surface area contributed by atoms with Crippen LogP contribution in [0.1, 0.15) is 19.8 Å². The van der Waals surface area contributed by atoms with E-state index in [-0.39, 0.29) is 12.6 Å². The van der Waals surface area contributed by atoms with Gasteiger partial charge in [-0.15, -0.1) is 11.8 Å². The molecular formula is C9H15F3N2O. The van der Waals surface area contributed by atoms with Gasteiger partial charge in [0.2, 0.25) is 0 Å². The molecule has 0 aliphatic heterocycles. The van der Waals surface area contributed by atoms with Gasteiger partial charge in [0.15, 0.2) is 0 Å². The van der Waals surface area contributed by atoms with E-state index in [4.69, 9.17) is 5.84 Å². The largest absolute Gasteiger partial charge is 0.411 e. The Labute approximate surface area is 87.1 Å². The molecule has 0 aromatic carbocycles. The Morgan fingerprint density at radius 2 is 2.13 bits per heavy atom. The van der Waals surface area contributed by atoms with E-state index in [0.29, 0.717) is 12.8 Å². The number of hydrogen-bond acceptors (Lipinski definition) is 3. The molecule has 3 N–H and O–H groups in total. The molecule has 1 atom stereocenters. The first-order valence-electron chi connectivity index (χ1n) is 4.50. The molecule has 0 rings (SSSR count). The Morgan fingerprint density at radius 1 is 1.47 bits per heavy atom. The lowest BCUT2D eigenvalue weighted by atomic mass is 10.1. The highest BCUT2D eigenvalue weighted by Crippen LogP contribution is 2.14. The van der Waals surface area contributed by atoms with E-state index in [1.54, 1.807) is 6.92 Å². The number of nitrogens with one attached hydrogen (secondary N) is 1. The van der Waals surface area contributed by atoms with Crippen LogP contribution < -0.4 is 11.3 Å². The molecule has 0 spiro atoms. The van der Waals surface area contributed by atoms with Gasteiger partial charge in [-0.25, -0.2) is 0 Å². The van der Waals surface area contributed by atoms with Crippen molar-refractivity contribution in [2.75, 3.05) is 13.2 Å². The minimum Gasteiger partial charge on any atom is -0.372 e. The standard InChI is InChI=1S/C9H15F3N2O/c1-2-3-4-8(14-13)5-6-15-7-9(10,11)12/h8,14H,4-7,13H2,1H3. The maximum atomic E-state index is 11.7. The van der Waals surface area contributed by atoms with Crippen LogP contribution in [-0.2, 0) is 4.74 Å². The number of nitrogens with two attached hydrogens (primary N) is 1. The molecule has 15 heavy (non-hydrogen) atoms. The molecule has 0 fully saturated rings. The van der Waals surface area contributed by atoms with Crippen molar-refractivity contribution in [3.8, 4) is 11.8 Å². The van der Waals surface area contributed by atoms with Gasteiger partial charge < -0.3 is 4.74 Å². The van der Waals surface area contributed by atoms with Gasteiger partial charge in [0, 0.05) is 19.1 Å². The van der Waals surface area contributed by atoms with Crippen molar-refractivity contribution < 1.29 is 17.9 Å². The highest BCUT2D eigenvalue weighted by atomic mass is 19.4. The molecule has 0 saturated heterocycles. The molecule has 0 aromatic heterocycles. The van der Waals surface area contributed by atoms with Gasteiger partial charge >= 0.3 is 6.18 Å². The zero-order valence-corrected chi connectivity index (χ0v) is 8.53. The van der Waals surface area contributed by atoms with Crippen LogP contribution in [0.25, 0.3) is 0 Å². The van der Waals surface area contributed by atoms with Gasteiger partial charge in [-0.1, -0.05) is 0 Å². The first-order valence-corrected chi connectivity index (χ1v) is 4.50. The lowest BCUT2D eigenvalue weighted by molar-refractivity contribution is -0.174. The summed E-state index contributed by atoms with van der Waals surface area (Å²) in [7, 11) is 0. The van der Waals surface area contributed by atoms with E-state index < -0.39 is 12.8 Å². The SMILES string of the molecule is CC#CCC(CCOCC(F)(F)F)NN. The second-order valence-corrected chi connectivity index (χ2v) is 2.95. The fourth-order valence-electron chi connectivity index (χ4n) is 0.883. The molecule has 0 aliphatic rings. The maximum absolute atomic E-state index is 11.7. The average molecular weight is 224 g/mol. The number of hydrogen-bond donors (Lipinski definition) is 2. The molecule has 0 saturated carbocycles. The second kappa shape index (κ2) is 7.51. The van der Waals surface area contributed by atoms with Crippen molar-refractivity contribution in [1.82, 2.24) is 5.43 Å². The van der Waals surface area contributed by atoms with Crippen LogP contribution >= 0.6 is 0 Å². The van der Waals surface area contributed by atoms with E-state index in [9.17, 15) is 13.2 Å². The van der Waals surface area contributed by atoms with Crippen LogP contribution in [0.4, 0.5) is 13.2 Å². The maximum Gasteiger partial charge on any atom is 0.411 e. The number of halogens is 3. The molecule has 88 valence electrons. The molecule has 0 radical (unpaired) electrons. The highest BCUT2D eigenvalue weighted by Gasteiger charge is 2.27. The molecule has 6 heteroatoms. The summed E-state index contributed by atoms with van der Waals surface area (Å²) >= 11 is 0. The Balaban J connectivity index is 3.58. The Kier molecular flexibility index (Phi) is 7.13. The number of hydrazine groups is 1. The van der Waals surface area contributed by atoms with Gasteiger partial charge in [-0.2, -0.15) is 13.2 Å². The molecule has 0 amide bonds. The molecule has 3 nitrogen and oxygen atoms in total. The van der Waals surface area contributed by atoms with E-state index in [0.717, 1.165) is 0 Å². The van der Waals surface area contributed by atoms with Gasteiger partial charge in [-0.05, 0) is 13.3 Å². The average Bonchev–Trinajstić information content (AvgIpc) is 2.15. The van der Waals surface area contributed by atoms with Crippen molar-refractivity contribution >= 4 is 0 Å². The van der Waals surface area contributed by atoms with Crippen LogP contribution in [0.2, 0.25) is 0 Å². The molecule has 0 bridgehead atoms. The third-order valence-electron chi connectivity index (χ3n) is 1.64. The molecular weight excluding hydrogens is 209 g/mol. The van der Waals surface area contributed by atoms with Crippen LogP contribution in [-0.4, -0.2) is 25.4 Å². The fourth-order valence-corrected chi connectivity index (χ4v) is 0.883. The Morgan fingerprint density at radius 3 is 2.60 bits per heavy atom. The highest BCUT2D eigenvalue weighted by molar-refractivity contribution is 4.97. The van der Waals surface area contributed by atoms with Crippen molar-refractivity contribution in [3.05, 3.63) is 0 Å². The molecule has 0 aromatic rings. The van der Waals surface area contributed by atoms with Crippen LogP contribution in [0.15, 0.2) is 0 Å². The van der Waals surface area contributed by atoms with E-state index in [1.165, 1.54) is 0 Å². The van der Waals surface area contributed by atoms with Gasteiger partial charge in [0.05, 0.1) is 0 Å². The first kappa shape index (κ1) is 14.2. The van der Waals surface area contributed by atoms with Gasteiger partial charge in [0.1, 0.15) is 6.61 Å². The summed E-state index contributed by atoms with van der Waals surface area (Å²) in [5.74, 6) is 10.7. The lowest BCUT2D eigenvalue weighted by Crippen LogP contribution is -2.36. The summed E-state index contributed by atoms with van der Waals surface area (Å²) in [6, 6.07) is -0.134. The Bertz CT molecular complexity index is 220. The first-order chi connectivity index (χ1) is 6.99. The van der Waals surface area contributed by atoms with Crippen molar-refractivity contribution in [2.45, 2.75) is 32.0 Å². The zero-order valence-electron chi connectivity index (χ0n) is 8.53. The molecule has 0 aliphatic carbocycles. The second-order valence-electron chi connectivity index (χ2n) is 2.95. The monoisotopic (exact) mass is 224 g/mol. The fraction of sp³-hybridized carbons (Fsp3) is 0.778. The van der Waals surface area contributed by atoms with Crippen LogP contribution in [0.5, 0.6) is 0 Å². The number of alkyl halides is 3. The number of ether oxygens (including phenoxy) is 1. The van der Waals surface area contributed by atoms with Crippen molar-refractivity contribution in [3.63, 3.8) is 0 Å². The molecule has 1 unspecified atom stereocenters. The summed E-state index contributed by atoms with van der Waals surface area (Å²) in [5.41, 5.74) is 2.47. The minimum absolute atomic E-state index is 0.0137. The summed E-state index contributed by atoms with van der Waals surface area (Å²) in [6.07, 6.45) is -3.36. The third-order valence-corrected chi connectivity index (χ3v) is 1.64. The van der Waals surface area contributed by atoms with Gasteiger partial charge in [0.25, 0.3) is 0 Å². The van der Waals surface area contributed by atoms with E-state index in [1.807, 2.05) is 0 Å². The predicted octanol–water partition coefficient (Wildman–Crippen LogP) is 1.20. The van der Waals surface area contributed by atoms with Gasteiger partial charge in [-0.3, -0.25) is 11.3 Å².